The molecular weight excluding hydrogens is 485 g/mol. The summed E-state index contributed by atoms with van der Waals surface area (Å²) in [5.74, 6) is 0. The van der Waals surface area contributed by atoms with Gasteiger partial charge in [0.2, 0.25) is 0 Å². The Balaban J connectivity index is 0.000000734. The molecule has 0 N–H and O–H groups in total. The van der Waals surface area contributed by atoms with Gasteiger partial charge < -0.3 is 24.7 Å². The Bertz CT molecular complexity index is 426. The Kier molecular flexibility index (Phi) is 10.1. The molecule has 0 unspecified atom stereocenters. The molecule has 1 saturated heterocycles. The molecule has 1 fully saturated rings. The maximum absolute atomic E-state index is 6.30. The molecule has 1 aliphatic rings. The lowest BCUT2D eigenvalue weighted by Gasteiger charge is -2.46. The lowest BCUT2D eigenvalue weighted by molar-refractivity contribution is 0.239. The molecule has 0 aromatic heterocycles. The van der Waals surface area contributed by atoms with Gasteiger partial charge in [0, 0.05) is 0 Å². The van der Waals surface area contributed by atoms with Crippen molar-refractivity contribution in [3.05, 3.63) is 0 Å². The summed E-state index contributed by atoms with van der Waals surface area (Å²) in [5.41, 5.74) is 0. The minimum absolute atomic E-state index is 1.23. The molecule has 0 spiro atoms. The van der Waals surface area contributed by atoms with Crippen molar-refractivity contribution in [2.75, 3.05) is 0 Å². The van der Waals surface area contributed by atoms with Crippen LogP contribution in [0.25, 0.3) is 0 Å². The third-order valence-electron chi connectivity index (χ3n) is 3.07. The van der Waals surface area contributed by atoms with Crippen LogP contribution in [0.15, 0.2) is 0 Å². The van der Waals surface area contributed by atoms with E-state index in [9.17, 15) is 0 Å². The smallest absolute Gasteiger partial charge is 0.314 e. The first-order valence-electron chi connectivity index (χ1n) is 10.4. The van der Waals surface area contributed by atoms with Crippen LogP contribution in [-0.4, -0.2) is 59.4 Å². The quantitative estimate of drug-likeness (QED) is 0.391. The molecule has 0 atom stereocenters. The molecule has 0 aromatic carbocycles. The second-order valence-electron chi connectivity index (χ2n) is 11.8. The average Bonchev–Trinajstić information content (AvgIpc) is 2.10. The van der Waals surface area contributed by atoms with Gasteiger partial charge in [-0.1, -0.05) is 0 Å². The van der Waals surface area contributed by atoms with E-state index in [-0.39, 0.29) is 0 Å². The third-order valence-corrected chi connectivity index (χ3v) is 27.6. The fraction of sp³-hybridized carbons (Fsp3) is 1.00. The minimum atomic E-state index is -2.26. The first-order chi connectivity index (χ1) is 12.2. The molecule has 0 bridgehead atoms. The van der Waals surface area contributed by atoms with Gasteiger partial charge in [-0.15, -0.1) is 0 Å². The van der Waals surface area contributed by atoms with E-state index in [1.54, 1.807) is 0 Å². The normalized spacial score (nSPS) is 26.1. The second-order valence-corrected chi connectivity index (χ2v) is 39.2. The molecule has 6 nitrogen and oxygen atoms in total. The fourth-order valence-electron chi connectivity index (χ4n) is 3.98. The van der Waals surface area contributed by atoms with Gasteiger partial charge in [0.25, 0.3) is 0 Å². The van der Waals surface area contributed by atoms with E-state index in [2.05, 4.69) is 105 Å². The average molecular weight is 533 g/mol. The molecule has 1 heterocycles. The van der Waals surface area contributed by atoms with E-state index < -0.39 is 59.4 Å². The summed E-state index contributed by atoms with van der Waals surface area (Å²) < 4.78 is 37.4. The van der Waals surface area contributed by atoms with Gasteiger partial charge in [0.1, 0.15) is 0 Å². The molecule has 29 heavy (non-hydrogen) atoms. The van der Waals surface area contributed by atoms with Crippen molar-refractivity contribution in [3.63, 3.8) is 0 Å². The molecule has 0 amide bonds. The van der Waals surface area contributed by atoms with E-state index in [4.69, 9.17) is 24.7 Å². The predicted molar refractivity (Wildman–Crippen MR) is 141 cm³/mol. The third kappa shape index (κ3) is 15.7. The first kappa shape index (κ1) is 30.3. The van der Waals surface area contributed by atoms with Gasteiger partial charge in [-0.25, -0.2) is 0 Å². The highest BCUT2D eigenvalue weighted by Gasteiger charge is 2.50. The highest BCUT2D eigenvalue weighted by molar-refractivity contribution is 6.93. The zero-order valence-electron chi connectivity index (χ0n) is 21.9. The van der Waals surface area contributed by atoms with Crippen LogP contribution < -0.4 is 0 Å². The molecule has 13 heteroatoms. The van der Waals surface area contributed by atoms with Crippen LogP contribution in [0.5, 0.6) is 0 Å². The van der Waals surface area contributed by atoms with E-state index in [1.807, 2.05) is 0 Å². The Morgan fingerprint density at radius 3 is 0.586 bits per heavy atom. The van der Waals surface area contributed by atoms with Crippen molar-refractivity contribution in [2.24, 2.45) is 0 Å². The Morgan fingerprint density at radius 2 is 0.517 bits per heavy atom. The van der Waals surface area contributed by atoms with Crippen molar-refractivity contribution in [1.29, 1.82) is 0 Å². The lowest BCUT2D eigenvalue weighted by Crippen LogP contribution is -2.64. The van der Waals surface area contributed by atoms with Gasteiger partial charge in [-0.3, -0.25) is 0 Å². The largest absolute Gasteiger partial charge is 0.456 e. The summed E-state index contributed by atoms with van der Waals surface area (Å²) in [7, 11) is -13.8. The van der Waals surface area contributed by atoms with E-state index in [0.29, 0.717) is 0 Å². The van der Waals surface area contributed by atoms with Crippen LogP contribution in [-0.2, 0) is 24.7 Å². The van der Waals surface area contributed by atoms with Crippen LogP contribution in [0.1, 0.15) is 0 Å². The van der Waals surface area contributed by atoms with Crippen LogP contribution in [0.4, 0.5) is 0 Å². The molecule has 0 aliphatic carbocycles. The summed E-state index contributed by atoms with van der Waals surface area (Å²) in [6.45, 7) is 34.2. The maximum atomic E-state index is 6.30. The van der Waals surface area contributed by atoms with Gasteiger partial charge in [0.15, 0.2) is 16.6 Å². The summed E-state index contributed by atoms with van der Waals surface area (Å²) in [6.07, 6.45) is 0. The number of hydrogen-bond donors (Lipinski definition) is 0. The SMILES string of the molecule is C[Si](C)(C)O[Si](C)(C)C.C[Si]1(C)O[Si](C)(C)O[Si](C)(C)O[Si](C)(C)O[Si](C)(C)O1. The van der Waals surface area contributed by atoms with Crippen molar-refractivity contribution >= 4 is 59.4 Å². The Hall–Kier alpha value is 1.28. The predicted octanol–water partition coefficient (Wildman–Crippen LogP) is 6.26. The van der Waals surface area contributed by atoms with Gasteiger partial charge in [0.05, 0.1) is 0 Å². The number of rotatable bonds is 2. The molecule has 0 radical (unpaired) electrons. The molecule has 1 aliphatic heterocycles. The molecule has 176 valence electrons. The highest BCUT2D eigenvalue weighted by atomic mass is 28.5. The van der Waals surface area contributed by atoms with Gasteiger partial charge in [-0.05, 0) is 105 Å². The topological polar surface area (TPSA) is 55.4 Å². The lowest BCUT2D eigenvalue weighted by atomic mass is 11.8. The zero-order chi connectivity index (χ0) is 23.7. The van der Waals surface area contributed by atoms with Crippen LogP contribution in [0.2, 0.25) is 105 Å². The van der Waals surface area contributed by atoms with Crippen molar-refractivity contribution < 1.29 is 24.7 Å². The van der Waals surface area contributed by atoms with Crippen molar-refractivity contribution in [3.8, 4) is 0 Å². The Morgan fingerprint density at radius 1 is 0.379 bits per heavy atom. The first-order valence-corrected chi connectivity index (χ1v) is 31.3. The standard InChI is InChI=1S/C10H30O5Si5.C6H18OSi2/c1-16(2)11-17(3,4)13-19(7,8)15-20(9,10)14-18(5,6)12-16;1-8(2,3)7-9(4,5)6/h1-10H3;1-6H3. The summed E-state index contributed by atoms with van der Waals surface area (Å²) in [6, 6.07) is 0. The van der Waals surface area contributed by atoms with E-state index in [0.717, 1.165) is 0 Å². The Labute approximate surface area is 188 Å². The zero-order valence-corrected chi connectivity index (χ0v) is 28.9. The van der Waals surface area contributed by atoms with Crippen molar-refractivity contribution in [2.45, 2.75) is 105 Å². The minimum Gasteiger partial charge on any atom is -0.456 e. The summed E-state index contributed by atoms with van der Waals surface area (Å²) >= 11 is 0. The molecule has 1 rings (SSSR count). The van der Waals surface area contributed by atoms with Crippen molar-refractivity contribution in [1.82, 2.24) is 0 Å². The van der Waals surface area contributed by atoms with Crippen LogP contribution >= 0.6 is 0 Å². The summed E-state index contributed by atoms with van der Waals surface area (Å²) in [5, 5.41) is 0. The molecule has 0 aromatic rings. The maximum Gasteiger partial charge on any atom is 0.314 e. The van der Waals surface area contributed by atoms with E-state index in [1.165, 1.54) is 0 Å². The molecular formula is C16H48O6Si7. The van der Waals surface area contributed by atoms with Crippen LogP contribution in [0.3, 0.4) is 0 Å². The van der Waals surface area contributed by atoms with Crippen LogP contribution in [0, 0.1) is 0 Å². The monoisotopic (exact) mass is 532 g/mol. The van der Waals surface area contributed by atoms with E-state index >= 15 is 0 Å². The highest BCUT2D eigenvalue weighted by Crippen LogP contribution is 2.30. The fourth-order valence-corrected chi connectivity index (χ4v) is 37.7. The van der Waals surface area contributed by atoms with Gasteiger partial charge in [-0.2, -0.15) is 0 Å². The number of hydrogen-bond acceptors (Lipinski definition) is 6. The summed E-state index contributed by atoms with van der Waals surface area (Å²) in [4.78, 5) is 0. The molecule has 0 saturated carbocycles. The second kappa shape index (κ2) is 9.64. The van der Waals surface area contributed by atoms with Gasteiger partial charge >= 0.3 is 42.8 Å².